The van der Waals surface area contributed by atoms with Crippen molar-refractivity contribution in [3.63, 3.8) is 0 Å². The molecule has 0 aliphatic rings. The molecule has 0 heterocycles. The lowest BCUT2D eigenvalue weighted by molar-refractivity contribution is -0.145. The minimum atomic E-state index is -0.878. The van der Waals surface area contributed by atoms with Crippen LogP contribution >= 0.6 is 11.8 Å². The van der Waals surface area contributed by atoms with Gasteiger partial charge in [-0.25, -0.2) is 14.4 Å². The van der Waals surface area contributed by atoms with E-state index in [0.29, 0.717) is 5.57 Å². The Kier molecular flexibility index (Phi) is 9.40. The molecule has 0 rings (SSSR count). The topological polar surface area (TPSA) is 90.9 Å². The highest BCUT2D eigenvalue weighted by Gasteiger charge is 2.25. The molecule has 0 fully saturated rings. The fourth-order valence-electron chi connectivity index (χ4n) is 1.34. The van der Waals surface area contributed by atoms with Gasteiger partial charge >= 0.3 is 18.0 Å². The van der Waals surface area contributed by atoms with E-state index in [1.54, 1.807) is 40.0 Å². The summed E-state index contributed by atoms with van der Waals surface area (Å²) in [6.07, 6.45) is -0.704. The van der Waals surface area contributed by atoms with Crippen LogP contribution in [0.5, 0.6) is 0 Å². The summed E-state index contributed by atoms with van der Waals surface area (Å²) in [6.45, 7) is 8.65. The van der Waals surface area contributed by atoms with Crippen LogP contribution in [0.25, 0.3) is 0 Å². The number of amides is 1. The van der Waals surface area contributed by atoms with Gasteiger partial charge in [-0.3, -0.25) is 0 Å². The fraction of sp³-hybridized carbons (Fsp3) is 0.667. The Labute approximate surface area is 141 Å². The van der Waals surface area contributed by atoms with Crippen molar-refractivity contribution in [2.75, 3.05) is 19.5 Å². The molecule has 0 saturated carbocycles. The van der Waals surface area contributed by atoms with E-state index in [4.69, 9.17) is 9.47 Å². The first-order chi connectivity index (χ1) is 10.6. The van der Waals surface area contributed by atoms with E-state index in [-0.39, 0.29) is 12.4 Å². The molecule has 0 radical (unpaired) electrons. The van der Waals surface area contributed by atoms with Gasteiger partial charge in [0.2, 0.25) is 0 Å². The summed E-state index contributed by atoms with van der Waals surface area (Å²) < 4.78 is 14.6. The fourth-order valence-corrected chi connectivity index (χ4v) is 2.19. The second kappa shape index (κ2) is 10.1. The summed E-state index contributed by atoms with van der Waals surface area (Å²) >= 11 is 1.19. The van der Waals surface area contributed by atoms with Crippen LogP contribution < -0.4 is 5.32 Å². The van der Waals surface area contributed by atoms with Crippen molar-refractivity contribution in [3.8, 4) is 0 Å². The van der Waals surface area contributed by atoms with Gasteiger partial charge in [-0.2, -0.15) is 0 Å². The molecule has 23 heavy (non-hydrogen) atoms. The van der Waals surface area contributed by atoms with Gasteiger partial charge in [0.25, 0.3) is 0 Å². The minimum Gasteiger partial charge on any atom is -0.466 e. The quantitative estimate of drug-likeness (QED) is 0.429. The number of methoxy groups -OCH3 is 1. The number of thioether (sulfide) groups is 1. The van der Waals surface area contributed by atoms with Crippen LogP contribution in [-0.2, 0) is 23.8 Å². The van der Waals surface area contributed by atoms with Gasteiger partial charge in [0.05, 0.1) is 13.7 Å². The Hall–Kier alpha value is -1.70. The number of rotatable bonds is 7. The molecule has 0 aromatic heterocycles. The third-order valence-corrected chi connectivity index (χ3v) is 3.34. The maximum atomic E-state index is 11.9. The van der Waals surface area contributed by atoms with Gasteiger partial charge in [-0.15, -0.1) is 11.8 Å². The lowest BCUT2D eigenvalue weighted by Crippen LogP contribution is -2.45. The number of hydrogen-bond donors (Lipinski definition) is 1. The van der Waals surface area contributed by atoms with Crippen LogP contribution in [0.4, 0.5) is 4.79 Å². The zero-order valence-electron chi connectivity index (χ0n) is 14.4. The van der Waals surface area contributed by atoms with Crippen molar-refractivity contribution in [1.82, 2.24) is 5.32 Å². The van der Waals surface area contributed by atoms with Gasteiger partial charge in [0, 0.05) is 11.3 Å². The standard InChI is InChI=1S/C15H25NO6S/c1-7-21-13(18)11(16-14(19)22-15(3,4)5)9-23-8-10(2)12(17)20-6/h8,11H,7,9H2,1-6H3,(H,16,19)/b10-8+/t11-/m0/s1. The molecule has 0 saturated heterocycles. The van der Waals surface area contributed by atoms with Crippen molar-refractivity contribution >= 4 is 29.8 Å². The molecule has 0 aliphatic carbocycles. The second-order valence-corrected chi connectivity index (χ2v) is 6.48. The third-order valence-electron chi connectivity index (χ3n) is 2.29. The van der Waals surface area contributed by atoms with Crippen LogP contribution in [0.1, 0.15) is 34.6 Å². The molecule has 0 aromatic rings. The number of alkyl carbamates (subject to hydrolysis) is 1. The second-order valence-electron chi connectivity index (χ2n) is 5.58. The summed E-state index contributed by atoms with van der Waals surface area (Å²) in [4.78, 5) is 35.0. The summed E-state index contributed by atoms with van der Waals surface area (Å²) in [5.74, 6) is -0.813. The first kappa shape index (κ1) is 21.3. The molecule has 0 spiro atoms. The molecule has 1 amide bonds. The first-order valence-corrected chi connectivity index (χ1v) is 8.18. The zero-order chi connectivity index (χ0) is 18.0. The molecule has 0 aromatic carbocycles. The van der Waals surface area contributed by atoms with Crippen molar-refractivity contribution in [2.24, 2.45) is 0 Å². The van der Waals surface area contributed by atoms with Crippen LogP contribution in [-0.4, -0.2) is 49.1 Å². The van der Waals surface area contributed by atoms with E-state index >= 15 is 0 Å². The molecular formula is C15H25NO6S. The average Bonchev–Trinajstić information content (AvgIpc) is 2.43. The summed E-state index contributed by atoms with van der Waals surface area (Å²) in [5.41, 5.74) is -0.268. The van der Waals surface area contributed by atoms with Crippen LogP contribution in [0.3, 0.4) is 0 Å². The summed E-state index contributed by atoms with van der Waals surface area (Å²) in [7, 11) is 1.29. The molecular weight excluding hydrogens is 322 g/mol. The largest absolute Gasteiger partial charge is 0.466 e. The zero-order valence-corrected chi connectivity index (χ0v) is 15.2. The average molecular weight is 347 g/mol. The van der Waals surface area contributed by atoms with E-state index in [0.717, 1.165) is 0 Å². The van der Waals surface area contributed by atoms with Crippen LogP contribution in [0, 0.1) is 0 Å². The number of carbonyl (C=O) groups is 3. The highest BCUT2D eigenvalue weighted by atomic mass is 32.2. The van der Waals surface area contributed by atoms with Crippen molar-refractivity contribution in [3.05, 3.63) is 11.0 Å². The molecule has 0 bridgehead atoms. The van der Waals surface area contributed by atoms with Gasteiger partial charge in [0.15, 0.2) is 0 Å². The summed E-state index contributed by atoms with van der Waals surface area (Å²) in [5, 5.41) is 4.04. The molecule has 8 heteroatoms. The number of hydrogen-bond acceptors (Lipinski definition) is 7. The maximum absolute atomic E-state index is 11.9. The number of esters is 2. The van der Waals surface area contributed by atoms with E-state index in [9.17, 15) is 14.4 Å². The Balaban J connectivity index is 4.73. The highest BCUT2D eigenvalue weighted by Crippen LogP contribution is 2.12. The van der Waals surface area contributed by atoms with E-state index in [1.165, 1.54) is 18.9 Å². The van der Waals surface area contributed by atoms with E-state index in [2.05, 4.69) is 10.1 Å². The highest BCUT2D eigenvalue weighted by molar-refractivity contribution is 8.02. The number of carbonyl (C=O) groups excluding carboxylic acids is 3. The molecule has 1 N–H and O–H groups in total. The molecule has 7 nitrogen and oxygen atoms in total. The van der Waals surface area contributed by atoms with Gasteiger partial charge in [0.1, 0.15) is 11.6 Å². The smallest absolute Gasteiger partial charge is 0.408 e. The lowest BCUT2D eigenvalue weighted by atomic mass is 10.2. The van der Waals surface area contributed by atoms with Gasteiger partial charge in [-0.05, 0) is 40.0 Å². The molecule has 132 valence electrons. The lowest BCUT2D eigenvalue weighted by Gasteiger charge is -2.22. The Morgan fingerprint density at radius 3 is 2.35 bits per heavy atom. The van der Waals surface area contributed by atoms with Gasteiger partial charge < -0.3 is 19.5 Å². The number of ether oxygens (including phenoxy) is 3. The van der Waals surface area contributed by atoms with Crippen molar-refractivity contribution < 1.29 is 28.6 Å². The molecule has 1 atom stereocenters. The number of nitrogens with one attached hydrogen (secondary N) is 1. The molecule has 0 aliphatic heterocycles. The maximum Gasteiger partial charge on any atom is 0.408 e. The van der Waals surface area contributed by atoms with E-state index in [1.807, 2.05) is 0 Å². The summed E-state index contributed by atoms with van der Waals surface area (Å²) in [6, 6.07) is -0.878. The predicted octanol–water partition coefficient (Wildman–Crippen LogP) is 2.25. The Morgan fingerprint density at radius 2 is 1.87 bits per heavy atom. The predicted molar refractivity (Wildman–Crippen MR) is 88.0 cm³/mol. The van der Waals surface area contributed by atoms with Crippen molar-refractivity contribution in [1.29, 1.82) is 0 Å². The molecule has 0 unspecified atom stereocenters. The minimum absolute atomic E-state index is 0.201. The SMILES string of the molecule is CCOC(=O)[C@H](CS/C=C(\C)C(=O)OC)NC(=O)OC(C)(C)C. The van der Waals surface area contributed by atoms with Crippen LogP contribution in [0.2, 0.25) is 0 Å². The Morgan fingerprint density at radius 1 is 1.26 bits per heavy atom. The third kappa shape index (κ3) is 9.83. The van der Waals surface area contributed by atoms with Crippen LogP contribution in [0.15, 0.2) is 11.0 Å². The van der Waals surface area contributed by atoms with Gasteiger partial charge in [-0.1, -0.05) is 0 Å². The van der Waals surface area contributed by atoms with Crippen molar-refractivity contribution in [2.45, 2.75) is 46.3 Å². The van der Waals surface area contributed by atoms with E-state index < -0.39 is 29.7 Å². The monoisotopic (exact) mass is 347 g/mol. The first-order valence-electron chi connectivity index (χ1n) is 7.13. The normalized spacial score (nSPS) is 13.0. The Bertz CT molecular complexity index is 455.